The summed E-state index contributed by atoms with van der Waals surface area (Å²) in [7, 11) is 0. The number of anilines is 1. The second kappa shape index (κ2) is 8.96. The van der Waals surface area contributed by atoms with Gasteiger partial charge in [0.05, 0.1) is 12.2 Å². The zero-order valence-electron chi connectivity index (χ0n) is 17.0. The van der Waals surface area contributed by atoms with Crippen molar-refractivity contribution in [2.45, 2.75) is 32.4 Å². The van der Waals surface area contributed by atoms with Gasteiger partial charge in [-0.25, -0.2) is 4.79 Å². The standard InChI is InChI=1S/C23H26ClN3O3/c1-16-15-27(20-7-2-3-8-21(20)30-16)23(29)26-11-9-18(10-12-26)22(28)25-14-17-5-4-6-19(24)13-17/h2-8,13,16,18H,9-12,14-15H2,1H3,(H,25,28)/t16-/m0/s1. The number of nitrogens with one attached hydrogen (secondary N) is 1. The summed E-state index contributed by atoms with van der Waals surface area (Å²) < 4.78 is 5.85. The Morgan fingerprint density at radius 3 is 2.67 bits per heavy atom. The van der Waals surface area contributed by atoms with Crippen LogP contribution in [0.4, 0.5) is 10.5 Å². The largest absolute Gasteiger partial charge is 0.487 e. The molecule has 2 aliphatic rings. The van der Waals surface area contributed by atoms with Crippen molar-refractivity contribution in [3.8, 4) is 5.75 Å². The molecule has 2 heterocycles. The maximum Gasteiger partial charge on any atom is 0.324 e. The minimum Gasteiger partial charge on any atom is -0.487 e. The highest BCUT2D eigenvalue weighted by Crippen LogP contribution is 2.34. The van der Waals surface area contributed by atoms with Crippen LogP contribution in [0.2, 0.25) is 5.02 Å². The van der Waals surface area contributed by atoms with Crippen molar-refractivity contribution in [1.29, 1.82) is 0 Å². The predicted octanol–water partition coefficient (Wildman–Crippen LogP) is 4.08. The smallest absolute Gasteiger partial charge is 0.324 e. The summed E-state index contributed by atoms with van der Waals surface area (Å²) in [5, 5.41) is 3.65. The van der Waals surface area contributed by atoms with Crippen molar-refractivity contribution in [1.82, 2.24) is 10.2 Å². The van der Waals surface area contributed by atoms with E-state index in [-0.39, 0.29) is 24.0 Å². The summed E-state index contributed by atoms with van der Waals surface area (Å²) in [5.74, 6) is 0.691. The van der Waals surface area contributed by atoms with Crippen LogP contribution in [0.1, 0.15) is 25.3 Å². The number of amides is 3. The first-order valence-corrected chi connectivity index (χ1v) is 10.7. The molecule has 0 unspecified atom stereocenters. The molecule has 3 amide bonds. The lowest BCUT2D eigenvalue weighted by molar-refractivity contribution is -0.126. The molecule has 158 valence electrons. The number of halogens is 1. The van der Waals surface area contributed by atoms with Crippen LogP contribution in [-0.2, 0) is 11.3 Å². The van der Waals surface area contributed by atoms with Crippen molar-refractivity contribution < 1.29 is 14.3 Å². The molecular weight excluding hydrogens is 402 g/mol. The van der Waals surface area contributed by atoms with E-state index >= 15 is 0 Å². The van der Waals surface area contributed by atoms with E-state index in [9.17, 15) is 9.59 Å². The molecule has 1 atom stereocenters. The summed E-state index contributed by atoms with van der Waals surface area (Å²) in [4.78, 5) is 29.4. The maximum absolute atomic E-state index is 13.2. The number of urea groups is 1. The molecule has 1 N–H and O–H groups in total. The molecule has 2 aromatic rings. The molecule has 2 aromatic carbocycles. The molecule has 30 heavy (non-hydrogen) atoms. The van der Waals surface area contributed by atoms with Gasteiger partial charge in [-0.1, -0.05) is 35.9 Å². The highest BCUT2D eigenvalue weighted by molar-refractivity contribution is 6.30. The first-order valence-electron chi connectivity index (χ1n) is 10.4. The van der Waals surface area contributed by atoms with E-state index in [4.69, 9.17) is 16.3 Å². The average molecular weight is 428 g/mol. The van der Waals surface area contributed by atoms with E-state index in [2.05, 4.69) is 5.32 Å². The zero-order chi connectivity index (χ0) is 21.1. The number of rotatable bonds is 3. The predicted molar refractivity (Wildman–Crippen MR) is 117 cm³/mol. The molecule has 7 heteroatoms. The molecule has 6 nitrogen and oxygen atoms in total. The highest BCUT2D eigenvalue weighted by atomic mass is 35.5. The quantitative estimate of drug-likeness (QED) is 0.802. The van der Waals surface area contributed by atoms with E-state index in [1.165, 1.54) is 0 Å². The number of fused-ring (bicyclic) bond motifs is 1. The van der Waals surface area contributed by atoms with E-state index in [0.717, 1.165) is 17.0 Å². The van der Waals surface area contributed by atoms with Gasteiger partial charge in [0.1, 0.15) is 11.9 Å². The summed E-state index contributed by atoms with van der Waals surface area (Å²) in [6.45, 7) is 4.09. The van der Waals surface area contributed by atoms with Crippen LogP contribution in [0.25, 0.3) is 0 Å². The normalized spacial score (nSPS) is 19.1. The number of benzene rings is 2. The second-order valence-corrected chi connectivity index (χ2v) is 8.33. The zero-order valence-corrected chi connectivity index (χ0v) is 17.8. The van der Waals surface area contributed by atoms with Crippen LogP contribution in [0, 0.1) is 5.92 Å². The number of nitrogens with zero attached hydrogens (tertiary/aromatic N) is 2. The van der Waals surface area contributed by atoms with Crippen LogP contribution in [-0.4, -0.2) is 42.6 Å². The molecule has 1 fully saturated rings. The number of carbonyl (C=O) groups excluding carboxylic acids is 2. The van der Waals surface area contributed by atoms with Crippen LogP contribution in [0.3, 0.4) is 0 Å². The molecular formula is C23H26ClN3O3. The number of carbonyl (C=O) groups is 2. The Morgan fingerprint density at radius 2 is 1.90 bits per heavy atom. The van der Waals surface area contributed by atoms with Crippen molar-refractivity contribution >= 4 is 29.2 Å². The lowest BCUT2D eigenvalue weighted by Crippen LogP contribution is -2.52. The number of hydrogen-bond acceptors (Lipinski definition) is 3. The number of likely N-dealkylation sites (tertiary alicyclic amines) is 1. The molecule has 0 bridgehead atoms. The molecule has 4 rings (SSSR count). The molecule has 0 aliphatic carbocycles. The Labute approximate surface area is 181 Å². The molecule has 0 radical (unpaired) electrons. The van der Waals surface area contributed by atoms with Crippen molar-refractivity contribution in [3.63, 3.8) is 0 Å². The third-order valence-corrected chi connectivity index (χ3v) is 5.88. The van der Waals surface area contributed by atoms with E-state index < -0.39 is 0 Å². The van der Waals surface area contributed by atoms with Crippen LogP contribution >= 0.6 is 11.6 Å². The summed E-state index contributed by atoms with van der Waals surface area (Å²) in [6, 6.07) is 15.1. The van der Waals surface area contributed by atoms with Gasteiger partial charge in [-0.05, 0) is 49.6 Å². The number of piperidine rings is 1. The van der Waals surface area contributed by atoms with Gasteiger partial charge < -0.3 is 15.0 Å². The first-order chi connectivity index (χ1) is 14.5. The molecule has 0 spiro atoms. The molecule has 0 saturated carbocycles. The fourth-order valence-corrected chi connectivity index (χ4v) is 4.27. The van der Waals surface area contributed by atoms with Crippen LogP contribution < -0.4 is 15.0 Å². The van der Waals surface area contributed by atoms with E-state index in [1.807, 2.05) is 60.4 Å². The Bertz CT molecular complexity index is 927. The van der Waals surface area contributed by atoms with Crippen LogP contribution in [0.5, 0.6) is 5.75 Å². The number of para-hydroxylation sites is 2. The Hall–Kier alpha value is -2.73. The Balaban J connectivity index is 1.32. The van der Waals surface area contributed by atoms with Gasteiger partial charge in [0, 0.05) is 30.6 Å². The third kappa shape index (κ3) is 4.54. The van der Waals surface area contributed by atoms with Crippen LogP contribution in [0.15, 0.2) is 48.5 Å². The van der Waals surface area contributed by atoms with Crippen molar-refractivity contribution in [3.05, 3.63) is 59.1 Å². The number of hydrogen-bond donors (Lipinski definition) is 1. The fraction of sp³-hybridized carbons (Fsp3) is 0.391. The van der Waals surface area contributed by atoms with Gasteiger partial charge in [0.25, 0.3) is 0 Å². The SMILES string of the molecule is C[C@H]1CN(C(=O)N2CCC(C(=O)NCc3cccc(Cl)c3)CC2)c2ccccc2O1. The molecule has 1 saturated heterocycles. The van der Waals surface area contributed by atoms with Gasteiger partial charge in [0.2, 0.25) is 5.91 Å². The Kier molecular flexibility index (Phi) is 6.13. The maximum atomic E-state index is 13.2. The van der Waals surface area contributed by atoms with Gasteiger partial charge in [-0.15, -0.1) is 0 Å². The monoisotopic (exact) mass is 427 g/mol. The van der Waals surface area contributed by atoms with Gasteiger partial charge >= 0.3 is 6.03 Å². The van der Waals surface area contributed by atoms with Gasteiger partial charge in [0.15, 0.2) is 0 Å². The molecule has 2 aliphatic heterocycles. The topological polar surface area (TPSA) is 61.9 Å². The third-order valence-electron chi connectivity index (χ3n) is 5.65. The summed E-state index contributed by atoms with van der Waals surface area (Å²) in [6.07, 6.45) is 1.27. The van der Waals surface area contributed by atoms with Gasteiger partial charge in [-0.3, -0.25) is 9.69 Å². The minimum absolute atomic E-state index is 0.0182. The van der Waals surface area contributed by atoms with Crippen molar-refractivity contribution in [2.75, 3.05) is 24.5 Å². The number of ether oxygens (including phenoxy) is 1. The lowest BCUT2D eigenvalue weighted by Gasteiger charge is -2.39. The summed E-state index contributed by atoms with van der Waals surface area (Å²) in [5.41, 5.74) is 1.78. The highest BCUT2D eigenvalue weighted by Gasteiger charge is 2.33. The summed E-state index contributed by atoms with van der Waals surface area (Å²) >= 11 is 6.00. The first kappa shape index (κ1) is 20.5. The van der Waals surface area contributed by atoms with Gasteiger partial charge in [-0.2, -0.15) is 0 Å². The second-order valence-electron chi connectivity index (χ2n) is 7.90. The minimum atomic E-state index is -0.0795. The molecule has 0 aromatic heterocycles. The van der Waals surface area contributed by atoms with E-state index in [0.29, 0.717) is 44.0 Å². The van der Waals surface area contributed by atoms with E-state index in [1.54, 1.807) is 4.90 Å². The fourth-order valence-electron chi connectivity index (χ4n) is 4.05. The average Bonchev–Trinajstić information content (AvgIpc) is 2.76. The Morgan fingerprint density at radius 1 is 1.13 bits per heavy atom. The van der Waals surface area contributed by atoms with Crippen molar-refractivity contribution in [2.24, 2.45) is 5.92 Å². The lowest BCUT2D eigenvalue weighted by atomic mass is 9.96.